The molecule has 1 aliphatic heterocycles. The van der Waals surface area contributed by atoms with Gasteiger partial charge in [0.2, 0.25) is 12.2 Å². The standard InChI is InChI=1S/C22H24FN9O7/c1-13(33)30(21(35)38-14(2)37-20(34)6-24)9-17-10-31(22(36)39-17)16-3-4-19(18(23)5-16)32-8-15(27-28-32)7-29-12-25-11-26-29/h3-5,8,11-12,14,17H,6-7,9-10,24H2,1-2H3/t14?,17-/m0/s1. The van der Waals surface area contributed by atoms with Crippen molar-refractivity contribution in [1.29, 1.82) is 0 Å². The summed E-state index contributed by atoms with van der Waals surface area (Å²) in [4.78, 5) is 53.9. The zero-order valence-corrected chi connectivity index (χ0v) is 20.8. The second-order valence-corrected chi connectivity index (χ2v) is 8.27. The molecule has 3 amide bonds. The highest BCUT2D eigenvalue weighted by molar-refractivity contribution is 5.92. The molecule has 39 heavy (non-hydrogen) atoms. The monoisotopic (exact) mass is 545 g/mol. The summed E-state index contributed by atoms with van der Waals surface area (Å²) in [6.07, 6.45) is 0.272. The Labute approximate surface area is 220 Å². The van der Waals surface area contributed by atoms with Crippen molar-refractivity contribution in [3.63, 3.8) is 0 Å². The zero-order valence-electron chi connectivity index (χ0n) is 20.8. The lowest BCUT2D eigenvalue weighted by atomic mass is 10.2. The quantitative estimate of drug-likeness (QED) is 0.284. The van der Waals surface area contributed by atoms with Crippen molar-refractivity contribution in [3.8, 4) is 5.69 Å². The number of anilines is 1. The van der Waals surface area contributed by atoms with Crippen LogP contribution in [0.4, 0.5) is 19.7 Å². The van der Waals surface area contributed by atoms with E-state index in [1.54, 1.807) is 0 Å². The van der Waals surface area contributed by atoms with Gasteiger partial charge in [0, 0.05) is 13.8 Å². The number of ether oxygens (including phenoxy) is 3. The third kappa shape index (κ3) is 6.50. The van der Waals surface area contributed by atoms with E-state index in [4.69, 9.17) is 19.9 Å². The van der Waals surface area contributed by atoms with E-state index in [9.17, 15) is 19.2 Å². The summed E-state index contributed by atoms with van der Waals surface area (Å²) in [5.41, 5.74) is 5.95. The minimum absolute atomic E-state index is 0.0855. The lowest BCUT2D eigenvalue weighted by Crippen LogP contribution is -2.43. The second kappa shape index (κ2) is 11.6. The fourth-order valence-corrected chi connectivity index (χ4v) is 3.64. The first-order valence-electron chi connectivity index (χ1n) is 11.5. The van der Waals surface area contributed by atoms with E-state index in [1.807, 2.05) is 0 Å². The van der Waals surface area contributed by atoms with Crippen molar-refractivity contribution < 1.29 is 37.8 Å². The minimum atomic E-state index is -1.30. The highest BCUT2D eigenvalue weighted by Crippen LogP contribution is 2.26. The Morgan fingerprint density at radius 2 is 2.10 bits per heavy atom. The van der Waals surface area contributed by atoms with Crippen LogP contribution in [0.25, 0.3) is 5.69 Å². The van der Waals surface area contributed by atoms with Crippen LogP contribution in [-0.2, 0) is 30.3 Å². The Morgan fingerprint density at radius 1 is 1.31 bits per heavy atom. The molecule has 206 valence electrons. The Bertz CT molecular complexity index is 1360. The van der Waals surface area contributed by atoms with Crippen molar-refractivity contribution in [3.05, 3.63) is 48.6 Å². The molecule has 0 saturated carbocycles. The van der Waals surface area contributed by atoms with Crippen LogP contribution in [0.15, 0.2) is 37.1 Å². The highest BCUT2D eigenvalue weighted by atomic mass is 19.1. The normalized spacial score (nSPS) is 15.5. The number of cyclic esters (lactones) is 1. The second-order valence-electron chi connectivity index (χ2n) is 8.27. The summed E-state index contributed by atoms with van der Waals surface area (Å²) in [5.74, 6) is -2.19. The average molecular weight is 545 g/mol. The fourth-order valence-electron chi connectivity index (χ4n) is 3.64. The molecule has 1 aromatic carbocycles. The zero-order chi connectivity index (χ0) is 28.1. The summed E-state index contributed by atoms with van der Waals surface area (Å²) in [6.45, 7) is 1.83. The maximum Gasteiger partial charge on any atom is 0.419 e. The molecule has 4 rings (SSSR count). The molecule has 1 saturated heterocycles. The molecule has 1 unspecified atom stereocenters. The molecule has 1 aliphatic rings. The van der Waals surface area contributed by atoms with Crippen molar-refractivity contribution in [1.82, 2.24) is 34.7 Å². The Hall–Kier alpha value is -4.93. The van der Waals surface area contributed by atoms with E-state index < -0.39 is 48.8 Å². The number of hydrogen-bond donors (Lipinski definition) is 1. The van der Waals surface area contributed by atoms with Crippen molar-refractivity contribution in [2.45, 2.75) is 32.8 Å². The number of amides is 3. The first-order valence-corrected chi connectivity index (χ1v) is 11.5. The first-order chi connectivity index (χ1) is 18.6. The van der Waals surface area contributed by atoms with Crippen LogP contribution in [0.5, 0.6) is 0 Å². The summed E-state index contributed by atoms with van der Waals surface area (Å²) in [7, 11) is 0. The van der Waals surface area contributed by atoms with E-state index in [1.165, 1.54) is 47.3 Å². The molecule has 1 fully saturated rings. The Balaban J connectivity index is 1.40. The van der Waals surface area contributed by atoms with Crippen LogP contribution in [0.2, 0.25) is 0 Å². The number of nitrogens with zero attached hydrogens (tertiary/aromatic N) is 8. The Morgan fingerprint density at radius 3 is 2.77 bits per heavy atom. The number of carbonyl (C=O) groups is 4. The Kier molecular flexibility index (Phi) is 8.09. The molecule has 0 bridgehead atoms. The van der Waals surface area contributed by atoms with E-state index in [2.05, 4.69) is 20.4 Å². The fraction of sp³-hybridized carbons (Fsp3) is 0.364. The third-order valence-corrected chi connectivity index (χ3v) is 5.41. The number of hydrogen-bond acceptors (Lipinski definition) is 12. The van der Waals surface area contributed by atoms with Gasteiger partial charge in [0.15, 0.2) is 5.82 Å². The molecule has 2 atom stereocenters. The molecule has 0 aliphatic carbocycles. The first kappa shape index (κ1) is 27.1. The van der Waals surface area contributed by atoms with Crippen LogP contribution in [0.3, 0.4) is 0 Å². The van der Waals surface area contributed by atoms with Gasteiger partial charge in [0.05, 0.1) is 38.1 Å². The summed E-state index contributed by atoms with van der Waals surface area (Å²) >= 11 is 0. The minimum Gasteiger partial charge on any atom is -0.442 e. The van der Waals surface area contributed by atoms with Gasteiger partial charge in [-0.2, -0.15) is 5.10 Å². The molecule has 3 aromatic rings. The maximum atomic E-state index is 15.0. The lowest BCUT2D eigenvalue weighted by Gasteiger charge is -2.23. The van der Waals surface area contributed by atoms with Gasteiger partial charge in [-0.05, 0) is 18.2 Å². The lowest BCUT2D eigenvalue weighted by molar-refractivity contribution is -0.164. The maximum absolute atomic E-state index is 15.0. The number of carbonyl (C=O) groups excluding carboxylic acids is 4. The van der Waals surface area contributed by atoms with Gasteiger partial charge < -0.3 is 19.9 Å². The van der Waals surface area contributed by atoms with Crippen molar-refractivity contribution >= 4 is 29.8 Å². The molecule has 0 radical (unpaired) electrons. The SMILES string of the molecule is CC(=O)N(C[C@H]1CN(c2ccc(-n3cc(Cn4cncn4)nn3)c(F)c2)C(=O)O1)C(=O)OC(C)OC(=O)CN. The van der Waals surface area contributed by atoms with Crippen LogP contribution in [-0.4, -0.2) is 90.7 Å². The molecule has 17 heteroatoms. The molecule has 3 heterocycles. The van der Waals surface area contributed by atoms with Gasteiger partial charge in [0.25, 0.3) is 0 Å². The van der Waals surface area contributed by atoms with Gasteiger partial charge in [-0.25, -0.2) is 33.2 Å². The van der Waals surface area contributed by atoms with E-state index in [0.717, 1.165) is 17.9 Å². The summed E-state index contributed by atoms with van der Waals surface area (Å²) in [5, 5.41) is 11.9. The largest absolute Gasteiger partial charge is 0.442 e. The molecular formula is C22H24FN9O7. The number of halogens is 1. The summed E-state index contributed by atoms with van der Waals surface area (Å²) < 4.78 is 32.8. The average Bonchev–Trinajstić information content (AvgIpc) is 3.64. The molecular weight excluding hydrogens is 521 g/mol. The topological polar surface area (TPSA) is 190 Å². The van der Waals surface area contributed by atoms with Crippen molar-refractivity contribution in [2.24, 2.45) is 5.73 Å². The van der Waals surface area contributed by atoms with Gasteiger partial charge in [-0.1, -0.05) is 5.21 Å². The van der Waals surface area contributed by atoms with Gasteiger partial charge >= 0.3 is 18.2 Å². The third-order valence-electron chi connectivity index (χ3n) is 5.41. The van der Waals surface area contributed by atoms with Gasteiger partial charge in [-0.15, -0.1) is 5.10 Å². The molecule has 16 nitrogen and oxygen atoms in total. The van der Waals surface area contributed by atoms with Crippen LogP contribution >= 0.6 is 0 Å². The number of aromatic nitrogens is 6. The molecule has 0 spiro atoms. The molecule has 2 N–H and O–H groups in total. The van der Waals surface area contributed by atoms with E-state index in [-0.39, 0.29) is 24.5 Å². The van der Waals surface area contributed by atoms with Gasteiger partial charge in [-0.3, -0.25) is 14.5 Å². The number of nitrogens with two attached hydrogens (primary N) is 1. The van der Waals surface area contributed by atoms with Crippen LogP contribution < -0.4 is 10.6 Å². The molecule has 2 aromatic heterocycles. The highest BCUT2D eigenvalue weighted by Gasteiger charge is 2.36. The predicted molar refractivity (Wildman–Crippen MR) is 127 cm³/mol. The number of imide groups is 1. The van der Waals surface area contributed by atoms with Crippen LogP contribution in [0, 0.1) is 5.82 Å². The number of esters is 1. The van der Waals surface area contributed by atoms with Gasteiger partial charge in [0.1, 0.15) is 30.1 Å². The van der Waals surface area contributed by atoms with Crippen molar-refractivity contribution in [2.75, 3.05) is 24.5 Å². The van der Waals surface area contributed by atoms with E-state index in [0.29, 0.717) is 17.1 Å². The number of rotatable bonds is 9. The van der Waals surface area contributed by atoms with E-state index >= 15 is 4.39 Å². The number of benzene rings is 1. The predicted octanol–water partition coefficient (Wildman–Crippen LogP) is 0.204. The smallest absolute Gasteiger partial charge is 0.419 e. The van der Waals surface area contributed by atoms with Crippen LogP contribution in [0.1, 0.15) is 19.5 Å². The summed E-state index contributed by atoms with van der Waals surface area (Å²) in [6, 6.07) is 4.04.